The minimum atomic E-state index is 0.660. The van der Waals surface area contributed by atoms with Crippen LogP contribution in [-0.2, 0) is 7.05 Å². The molecule has 0 spiro atoms. The van der Waals surface area contributed by atoms with Gasteiger partial charge in [-0.05, 0) is 61.8 Å². The highest BCUT2D eigenvalue weighted by atomic mass is 15.2. The van der Waals surface area contributed by atoms with E-state index in [4.69, 9.17) is 4.98 Å². The second kappa shape index (κ2) is 7.76. The lowest BCUT2D eigenvalue weighted by Crippen LogP contribution is -2.41. The minimum Gasteiger partial charge on any atom is -0.346 e. The molecule has 3 unspecified atom stereocenters. The third kappa shape index (κ3) is 3.74. The second-order valence-corrected chi connectivity index (χ2v) is 8.71. The van der Waals surface area contributed by atoms with Crippen LogP contribution < -0.4 is 10.6 Å². The van der Waals surface area contributed by atoms with Gasteiger partial charge < -0.3 is 15.6 Å². The molecular weight excluding hydrogens is 360 g/mol. The Bertz CT molecular complexity index is 1030. The molecule has 0 aromatic carbocycles. The van der Waals surface area contributed by atoms with E-state index in [1.165, 1.54) is 47.8 Å². The van der Waals surface area contributed by atoms with Gasteiger partial charge in [0, 0.05) is 61.3 Å². The topological polar surface area (TPSA) is 70.6 Å². The molecule has 3 aromatic rings. The highest BCUT2D eigenvalue weighted by Crippen LogP contribution is 2.42. The van der Waals surface area contributed by atoms with Gasteiger partial charge in [0.2, 0.25) is 0 Å². The lowest BCUT2D eigenvalue weighted by molar-refractivity contribution is 0.237. The number of fused-ring (bicyclic) bond motifs is 3. The summed E-state index contributed by atoms with van der Waals surface area (Å²) < 4.78 is 1.84. The van der Waals surface area contributed by atoms with E-state index in [0.29, 0.717) is 12.0 Å². The number of nitrogens with zero attached hydrogens (tertiary/aromatic N) is 3. The minimum absolute atomic E-state index is 0.660. The third-order valence-electron chi connectivity index (χ3n) is 6.51. The van der Waals surface area contributed by atoms with Crippen molar-refractivity contribution in [2.75, 3.05) is 20.1 Å². The van der Waals surface area contributed by atoms with Crippen LogP contribution in [0.15, 0.2) is 36.9 Å². The van der Waals surface area contributed by atoms with E-state index < -0.39 is 0 Å². The number of aromatic nitrogens is 4. The third-order valence-corrected chi connectivity index (χ3v) is 6.51. The van der Waals surface area contributed by atoms with Crippen molar-refractivity contribution in [3.8, 4) is 11.1 Å². The molecule has 6 nitrogen and oxygen atoms in total. The van der Waals surface area contributed by atoms with Crippen LogP contribution in [0.25, 0.3) is 27.7 Å². The van der Waals surface area contributed by atoms with Crippen LogP contribution in [0.4, 0.5) is 0 Å². The molecule has 2 aliphatic rings. The predicted octanol–water partition coefficient (Wildman–Crippen LogP) is 3.34. The van der Waals surface area contributed by atoms with Crippen molar-refractivity contribution in [3.63, 3.8) is 0 Å². The van der Waals surface area contributed by atoms with Crippen molar-refractivity contribution in [1.29, 1.82) is 0 Å². The molecule has 2 bridgehead atoms. The van der Waals surface area contributed by atoms with Gasteiger partial charge in [-0.25, -0.2) is 4.98 Å². The van der Waals surface area contributed by atoms with Crippen LogP contribution in [0.1, 0.15) is 31.2 Å². The number of aryl methyl sites for hydroxylation is 1. The second-order valence-electron chi connectivity index (χ2n) is 8.71. The number of aromatic amines is 1. The fraction of sp³-hybridized carbons (Fsp3) is 0.478. The molecule has 29 heavy (non-hydrogen) atoms. The van der Waals surface area contributed by atoms with Gasteiger partial charge in [-0.3, -0.25) is 4.68 Å². The Labute approximate surface area is 171 Å². The summed E-state index contributed by atoms with van der Waals surface area (Å²) >= 11 is 0. The molecule has 6 heteroatoms. The van der Waals surface area contributed by atoms with E-state index in [1.54, 1.807) is 0 Å². The maximum absolute atomic E-state index is 4.73. The Morgan fingerprint density at radius 2 is 2.10 bits per heavy atom. The number of rotatable bonds is 6. The Morgan fingerprint density at radius 1 is 1.17 bits per heavy atom. The predicted molar refractivity (Wildman–Crippen MR) is 117 cm³/mol. The molecule has 0 radical (unpaired) electrons. The molecule has 0 amide bonds. The van der Waals surface area contributed by atoms with Gasteiger partial charge in [-0.2, -0.15) is 5.10 Å². The quantitative estimate of drug-likeness (QED) is 0.565. The number of hydrogen-bond acceptors (Lipinski definition) is 4. The van der Waals surface area contributed by atoms with Gasteiger partial charge in [-0.15, -0.1) is 0 Å². The maximum Gasteiger partial charge on any atom is 0.137 e. The summed E-state index contributed by atoms with van der Waals surface area (Å²) in [5.74, 6) is 1.46. The largest absolute Gasteiger partial charge is 0.346 e. The first-order valence-electron chi connectivity index (χ1n) is 10.7. The zero-order valence-electron chi connectivity index (χ0n) is 17.3. The molecule has 2 aliphatic carbocycles. The number of hydrogen-bond donors (Lipinski definition) is 3. The average Bonchev–Trinajstić information content (AvgIpc) is 3.33. The average molecular weight is 391 g/mol. The van der Waals surface area contributed by atoms with E-state index in [2.05, 4.69) is 39.1 Å². The summed E-state index contributed by atoms with van der Waals surface area (Å²) in [6, 6.07) is 2.98. The molecule has 0 saturated heterocycles. The summed E-state index contributed by atoms with van der Waals surface area (Å²) in [6.07, 6.45) is 15.6. The van der Waals surface area contributed by atoms with Crippen molar-refractivity contribution in [3.05, 3.63) is 42.5 Å². The fourth-order valence-electron chi connectivity index (χ4n) is 5.21. The van der Waals surface area contributed by atoms with Crippen molar-refractivity contribution < 1.29 is 0 Å². The van der Waals surface area contributed by atoms with Crippen LogP contribution in [-0.4, -0.2) is 45.9 Å². The maximum atomic E-state index is 4.73. The monoisotopic (exact) mass is 390 g/mol. The van der Waals surface area contributed by atoms with Crippen molar-refractivity contribution in [2.45, 2.75) is 31.7 Å². The van der Waals surface area contributed by atoms with Crippen LogP contribution in [0.3, 0.4) is 0 Å². The first-order valence-corrected chi connectivity index (χ1v) is 10.7. The molecule has 0 aliphatic heterocycles. The molecule has 1 saturated carbocycles. The van der Waals surface area contributed by atoms with E-state index in [0.717, 1.165) is 30.2 Å². The lowest BCUT2D eigenvalue weighted by Gasteiger charge is -2.38. The number of likely N-dealkylation sites (N-methyl/N-ethyl adjacent to an activating group) is 1. The van der Waals surface area contributed by atoms with Crippen molar-refractivity contribution in [1.82, 2.24) is 30.4 Å². The van der Waals surface area contributed by atoms with Crippen LogP contribution >= 0.6 is 0 Å². The van der Waals surface area contributed by atoms with E-state index in [1.807, 2.05) is 37.4 Å². The van der Waals surface area contributed by atoms with Crippen molar-refractivity contribution >= 4 is 16.6 Å². The standard InChI is InChI=1S/C23H30N6/c1-24-3-4-25-20-8-15-5-16(9-20)7-17(6-15)18-10-21-22(13-27-23(21)26-11-18)19-12-28-29(2)14-19/h6,10-16,20,24-25H,3-5,7-9H2,1-2H3,(H,26,27). The highest BCUT2D eigenvalue weighted by Gasteiger charge is 2.32. The van der Waals surface area contributed by atoms with Gasteiger partial charge in [0.1, 0.15) is 5.65 Å². The Kier molecular flexibility index (Phi) is 4.97. The summed E-state index contributed by atoms with van der Waals surface area (Å²) in [5.41, 5.74) is 6.00. The van der Waals surface area contributed by atoms with E-state index >= 15 is 0 Å². The van der Waals surface area contributed by atoms with E-state index in [-0.39, 0.29) is 0 Å². The molecule has 3 heterocycles. The fourth-order valence-corrected chi connectivity index (χ4v) is 5.21. The number of nitrogens with one attached hydrogen (secondary N) is 3. The van der Waals surface area contributed by atoms with E-state index in [9.17, 15) is 0 Å². The van der Waals surface area contributed by atoms with Gasteiger partial charge in [0.15, 0.2) is 0 Å². The Morgan fingerprint density at radius 3 is 2.90 bits per heavy atom. The van der Waals surface area contributed by atoms with Gasteiger partial charge in [-0.1, -0.05) is 6.08 Å². The molecule has 1 fully saturated rings. The SMILES string of the molecule is CNCCNC1CC2C=C(c3cnc4[nH]cc(-c5cnn(C)c5)c4c3)CC(C2)C1. The number of pyridine rings is 1. The Balaban J connectivity index is 1.40. The first kappa shape index (κ1) is 18.6. The van der Waals surface area contributed by atoms with Gasteiger partial charge in [0.25, 0.3) is 0 Å². The zero-order chi connectivity index (χ0) is 19.8. The molecule has 152 valence electrons. The van der Waals surface area contributed by atoms with Crippen molar-refractivity contribution in [2.24, 2.45) is 18.9 Å². The summed E-state index contributed by atoms with van der Waals surface area (Å²) in [7, 11) is 3.97. The summed E-state index contributed by atoms with van der Waals surface area (Å²) in [4.78, 5) is 8.04. The van der Waals surface area contributed by atoms with Crippen LogP contribution in [0.5, 0.6) is 0 Å². The smallest absolute Gasteiger partial charge is 0.137 e. The molecule has 5 rings (SSSR count). The molecular formula is C23H30N6. The summed E-state index contributed by atoms with van der Waals surface area (Å²) in [5, 5.41) is 12.5. The normalized spacial score (nSPS) is 24.1. The molecule has 3 N–H and O–H groups in total. The van der Waals surface area contributed by atoms with Crippen LogP contribution in [0.2, 0.25) is 0 Å². The highest BCUT2D eigenvalue weighted by molar-refractivity contribution is 5.95. The number of H-pyrrole nitrogens is 1. The van der Waals surface area contributed by atoms with Crippen LogP contribution in [0, 0.1) is 11.8 Å². The number of allylic oxidation sites excluding steroid dienone is 2. The zero-order valence-corrected chi connectivity index (χ0v) is 17.3. The molecule has 3 atom stereocenters. The summed E-state index contributed by atoms with van der Waals surface area (Å²) in [6.45, 7) is 2.09. The lowest BCUT2D eigenvalue weighted by atomic mass is 9.70. The Hall–Kier alpha value is -2.44. The van der Waals surface area contributed by atoms with Gasteiger partial charge in [0.05, 0.1) is 6.20 Å². The molecule has 3 aromatic heterocycles. The first-order chi connectivity index (χ1) is 14.2. The van der Waals surface area contributed by atoms with Gasteiger partial charge >= 0.3 is 0 Å².